The first-order chi connectivity index (χ1) is 10.8. The van der Waals surface area contributed by atoms with Gasteiger partial charge in [-0.15, -0.1) is 0 Å². The van der Waals surface area contributed by atoms with Crippen molar-refractivity contribution >= 4 is 27.4 Å². The van der Waals surface area contributed by atoms with Crippen molar-refractivity contribution in [3.8, 4) is 0 Å². The van der Waals surface area contributed by atoms with E-state index in [4.69, 9.17) is 9.84 Å². The predicted octanol–water partition coefficient (Wildman–Crippen LogP) is 1.31. The number of aromatic carboxylic acids is 1. The first-order valence-electron chi connectivity index (χ1n) is 7.27. The molecule has 1 aliphatic rings. The Bertz CT molecular complexity index is 676. The van der Waals surface area contributed by atoms with E-state index in [0.29, 0.717) is 31.7 Å². The van der Waals surface area contributed by atoms with Gasteiger partial charge in [0.2, 0.25) is 5.91 Å². The van der Waals surface area contributed by atoms with Gasteiger partial charge >= 0.3 is 5.97 Å². The zero-order valence-corrected chi connectivity index (χ0v) is 13.5. The van der Waals surface area contributed by atoms with Crippen LogP contribution in [0.5, 0.6) is 0 Å². The maximum absolute atomic E-state index is 12.5. The molecule has 1 saturated heterocycles. The normalized spacial score (nSPS) is 17.4. The van der Waals surface area contributed by atoms with Crippen LogP contribution in [0.1, 0.15) is 30.1 Å². The third-order valence-electron chi connectivity index (χ3n) is 3.89. The molecule has 1 amide bonds. The second-order valence-electron chi connectivity index (χ2n) is 5.41. The van der Waals surface area contributed by atoms with E-state index in [1.807, 2.05) is 0 Å². The summed E-state index contributed by atoms with van der Waals surface area (Å²) in [5, 5.41) is 9.59. The molecule has 23 heavy (non-hydrogen) atoms. The van der Waals surface area contributed by atoms with Gasteiger partial charge in [-0.05, 0) is 44.0 Å². The molecule has 2 rings (SSSR count). The van der Waals surface area contributed by atoms with Gasteiger partial charge in [0.15, 0.2) is 9.84 Å². The highest BCUT2D eigenvalue weighted by Gasteiger charge is 2.36. The molecule has 0 spiro atoms. The Balaban J connectivity index is 2.05. The standard InChI is InChI=1S/C15H19NO6S/c1-10(23(20,21)13-6-8-22-9-7-13)14(17)16-12-4-2-11(3-5-12)15(18)19/h2-5,10,13H,6-9H2,1H3,(H,16,17)(H,18,19). The van der Waals surface area contributed by atoms with Crippen LogP contribution in [-0.4, -0.2) is 49.1 Å². The van der Waals surface area contributed by atoms with E-state index < -0.39 is 32.2 Å². The van der Waals surface area contributed by atoms with Crippen LogP contribution in [0.15, 0.2) is 24.3 Å². The zero-order chi connectivity index (χ0) is 17.0. The van der Waals surface area contributed by atoms with Gasteiger partial charge in [-0.3, -0.25) is 4.79 Å². The number of anilines is 1. The third kappa shape index (κ3) is 4.08. The quantitative estimate of drug-likeness (QED) is 0.835. The van der Waals surface area contributed by atoms with Crippen molar-refractivity contribution in [3.05, 3.63) is 29.8 Å². The SMILES string of the molecule is CC(C(=O)Nc1ccc(C(=O)O)cc1)S(=O)(=O)C1CCOCC1. The van der Waals surface area contributed by atoms with Gasteiger partial charge in [0.05, 0.1) is 10.8 Å². The van der Waals surface area contributed by atoms with E-state index in [1.165, 1.54) is 31.2 Å². The Morgan fingerprint density at radius 1 is 1.22 bits per heavy atom. The lowest BCUT2D eigenvalue weighted by Crippen LogP contribution is -2.41. The maximum Gasteiger partial charge on any atom is 0.335 e. The van der Waals surface area contributed by atoms with Gasteiger partial charge in [0.25, 0.3) is 0 Å². The Hall–Kier alpha value is -1.93. The molecule has 1 heterocycles. The molecular formula is C15H19NO6S. The minimum Gasteiger partial charge on any atom is -0.478 e. The first-order valence-corrected chi connectivity index (χ1v) is 8.88. The average Bonchev–Trinajstić information content (AvgIpc) is 2.55. The van der Waals surface area contributed by atoms with Crippen LogP contribution in [-0.2, 0) is 19.4 Å². The summed E-state index contributed by atoms with van der Waals surface area (Å²) in [6.07, 6.45) is 0.792. The fraction of sp³-hybridized carbons (Fsp3) is 0.467. The number of hydrogen-bond donors (Lipinski definition) is 2. The molecule has 126 valence electrons. The number of sulfone groups is 1. The fourth-order valence-corrected chi connectivity index (χ4v) is 4.17. The lowest BCUT2D eigenvalue weighted by atomic mass is 10.2. The third-order valence-corrected chi connectivity index (χ3v) is 6.49. The van der Waals surface area contributed by atoms with Crippen molar-refractivity contribution in [1.29, 1.82) is 0 Å². The smallest absolute Gasteiger partial charge is 0.335 e. The fourth-order valence-electron chi connectivity index (χ4n) is 2.38. The van der Waals surface area contributed by atoms with Gasteiger partial charge in [-0.1, -0.05) is 0 Å². The molecular weight excluding hydrogens is 322 g/mol. The predicted molar refractivity (Wildman–Crippen MR) is 84.3 cm³/mol. The molecule has 0 saturated carbocycles. The van der Waals surface area contributed by atoms with E-state index >= 15 is 0 Å². The summed E-state index contributed by atoms with van der Waals surface area (Å²) in [7, 11) is -3.59. The number of nitrogens with one attached hydrogen (secondary N) is 1. The summed E-state index contributed by atoms with van der Waals surface area (Å²) in [6.45, 7) is 2.13. The van der Waals surface area contributed by atoms with Crippen LogP contribution in [0.25, 0.3) is 0 Å². The molecule has 2 N–H and O–H groups in total. The topological polar surface area (TPSA) is 110 Å². The Kier molecular flexibility index (Phi) is 5.38. The molecule has 1 unspecified atom stereocenters. The number of amides is 1. The lowest BCUT2D eigenvalue weighted by molar-refractivity contribution is -0.115. The highest BCUT2D eigenvalue weighted by atomic mass is 32.2. The van der Waals surface area contributed by atoms with Crippen LogP contribution in [0, 0.1) is 0 Å². The number of hydrogen-bond acceptors (Lipinski definition) is 5. The number of carbonyl (C=O) groups excluding carboxylic acids is 1. The summed E-state index contributed by atoms with van der Waals surface area (Å²) in [5.41, 5.74) is 0.444. The molecule has 1 aromatic rings. The van der Waals surface area contributed by atoms with Crippen LogP contribution < -0.4 is 5.32 Å². The molecule has 0 radical (unpaired) electrons. The second-order valence-corrected chi connectivity index (χ2v) is 7.97. The number of carboxylic acids is 1. The number of carbonyl (C=O) groups is 2. The summed E-state index contributed by atoms with van der Waals surface area (Å²) in [6, 6.07) is 5.54. The average molecular weight is 341 g/mol. The highest BCUT2D eigenvalue weighted by Crippen LogP contribution is 2.21. The van der Waals surface area contributed by atoms with Gasteiger partial charge in [-0.25, -0.2) is 13.2 Å². The summed E-state index contributed by atoms with van der Waals surface area (Å²) in [5.74, 6) is -1.70. The molecule has 8 heteroatoms. The van der Waals surface area contributed by atoms with Crippen molar-refractivity contribution in [3.63, 3.8) is 0 Å². The largest absolute Gasteiger partial charge is 0.478 e. The van der Waals surface area contributed by atoms with Gasteiger partial charge in [-0.2, -0.15) is 0 Å². The second kappa shape index (κ2) is 7.10. The van der Waals surface area contributed by atoms with Crippen LogP contribution in [0.4, 0.5) is 5.69 Å². The number of carboxylic acid groups (broad SMARTS) is 1. The van der Waals surface area contributed by atoms with E-state index in [2.05, 4.69) is 5.32 Å². The van der Waals surface area contributed by atoms with Crippen molar-refractivity contribution in [2.75, 3.05) is 18.5 Å². The van der Waals surface area contributed by atoms with E-state index in [1.54, 1.807) is 0 Å². The Morgan fingerprint density at radius 2 is 1.78 bits per heavy atom. The molecule has 7 nitrogen and oxygen atoms in total. The maximum atomic E-state index is 12.5. The highest BCUT2D eigenvalue weighted by molar-refractivity contribution is 7.93. The van der Waals surface area contributed by atoms with Crippen LogP contribution in [0.2, 0.25) is 0 Å². The van der Waals surface area contributed by atoms with Crippen molar-refractivity contribution < 1.29 is 27.9 Å². The minimum absolute atomic E-state index is 0.0888. The summed E-state index contributed by atoms with van der Waals surface area (Å²) in [4.78, 5) is 23.0. The zero-order valence-electron chi connectivity index (χ0n) is 12.7. The van der Waals surface area contributed by atoms with E-state index in [-0.39, 0.29) is 5.56 Å². The van der Waals surface area contributed by atoms with Crippen LogP contribution >= 0.6 is 0 Å². The Labute approximate surface area is 134 Å². The molecule has 0 bridgehead atoms. The molecule has 1 aliphatic heterocycles. The van der Waals surface area contributed by atoms with E-state index in [0.717, 1.165) is 0 Å². The van der Waals surface area contributed by atoms with Crippen molar-refractivity contribution in [2.45, 2.75) is 30.3 Å². The van der Waals surface area contributed by atoms with Gasteiger partial charge in [0, 0.05) is 18.9 Å². The van der Waals surface area contributed by atoms with Gasteiger partial charge in [0.1, 0.15) is 5.25 Å². The molecule has 0 aromatic heterocycles. The minimum atomic E-state index is -3.59. The molecule has 1 aromatic carbocycles. The Morgan fingerprint density at radius 3 is 2.30 bits per heavy atom. The van der Waals surface area contributed by atoms with Crippen molar-refractivity contribution in [1.82, 2.24) is 0 Å². The van der Waals surface area contributed by atoms with Crippen LogP contribution in [0.3, 0.4) is 0 Å². The van der Waals surface area contributed by atoms with Gasteiger partial charge < -0.3 is 15.2 Å². The van der Waals surface area contributed by atoms with E-state index in [9.17, 15) is 18.0 Å². The lowest BCUT2D eigenvalue weighted by Gasteiger charge is -2.25. The summed E-state index contributed by atoms with van der Waals surface area (Å²) < 4.78 is 30.1. The summed E-state index contributed by atoms with van der Waals surface area (Å²) >= 11 is 0. The number of ether oxygens (including phenoxy) is 1. The number of benzene rings is 1. The van der Waals surface area contributed by atoms with Crippen molar-refractivity contribution in [2.24, 2.45) is 0 Å². The number of rotatable bonds is 5. The monoisotopic (exact) mass is 341 g/mol. The first kappa shape index (κ1) is 17.4. The molecule has 1 atom stereocenters. The molecule has 0 aliphatic carbocycles. The molecule has 1 fully saturated rings.